The average Bonchev–Trinajstić information content (AvgIpc) is 2.92. The van der Waals surface area contributed by atoms with Crippen LogP contribution < -0.4 is 0 Å². The second-order valence-electron chi connectivity index (χ2n) is 5.46. The smallest absolute Gasteiger partial charge is 0.266 e. The molecule has 0 saturated carbocycles. The van der Waals surface area contributed by atoms with E-state index in [4.69, 9.17) is 4.74 Å². The highest BCUT2D eigenvalue weighted by atomic mass is 32.1. The molecule has 6 nitrogen and oxygen atoms in total. The highest BCUT2D eigenvalue weighted by Crippen LogP contribution is 2.27. The number of carbonyl (C=O) groups excluding carboxylic acids is 1. The van der Waals surface area contributed by atoms with Gasteiger partial charge in [0.05, 0.1) is 24.4 Å². The summed E-state index contributed by atoms with van der Waals surface area (Å²) >= 11 is 1.35. The number of hydrogen-bond donors (Lipinski definition) is 0. The van der Waals surface area contributed by atoms with Crippen molar-refractivity contribution >= 4 is 17.2 Å². The van der Waals surface area contributed by atoms with Crippen LogP contribution in [0.4, 0.5) is 0 Å². The van der Waals surface area contributed by atoms with Gasteiger partial charge in [0.25, 0.3) is 5.91 Å². The van der Waals surface area contributed by atoms with Gasteiger partial charge in [-0.05, 0) is 26.8 Å². The van der Waals surface area contributed by atoms with Crippen molar-refractivity contribution in [2.75, 3.05) is 13.2 Å². The molecule has 0 N–H and O–H groups in total. The lowest BCUT2D eigenvalue weighted by atomic mass is 10.2. The zero-order valence-corrected chi connectivity index (χ0v) is 13.6. The summed E-state index contributed by atoms with van der Waals surface area (Å²) < 4.78 is 5.59. The number of amides is 1. The van der Waals surface area contributed by atoms with Crippen molar-refractivity contribution in [2.45, 2.75) is 32.9 Å². The fraction of sp³-hybridized carbons (Fsp3) is 0.467. The number of aryl methyl sites for hydroxylation is 1. The Morgan fingerprint density at radius 3 is 2.82 bits per heavy atom. The summed E-state index contributed by atoms with van der Waals surface area (Å²) in [5.74, 6) is 0.567. The summed E-state index contributed by atoms with van der Waals surface area (Å²) in [5, 5.41) is 0.676. The molecule has 1 saturated heterocycles. The van der Waals surface area contributed by atoms with Crippen LogP contribution in [0.2, 0.25) is 0 Å². The van der Waals surface area contributed by atoms with E-state index in [1.807, 2.05) is 25.7 Å². The predicted molar refractivity (Wildman–Crippen MR) is 83.8 cm³/mol. The van der Waals surface area contributed by atoms with Gasteiger partial charge in [0.2, 0.25) is 0 Å². The average molecular weight is 318 g/mol. The first kappa shape index (κ1) is 15.1. The molecular formula is C15H18N4O2S. The first-order chi connectivity index (χ1) is 10.6. The molecule has 2 aromatic rings. The molecule has 3 rings (SSSR count). The van der Waals surface area contributed by atoms with E-state index in [2.05, 4.69) is 15.0 Å². The van der Waals surface area contributed by atoms with Crippen LogP contribution in [0.1, 0.15) is 29.2 Å². The summed E-state index contributed by atoms with van der Waals surface area (Å²) in [5.41, 5.74) is 0.726. The highest BCUT2D eigenvalue weighted by molar-refractivity contribution is 7.17. The summed E-state index contributed by atoms with van der Waals surface area (Å²) in [6.45, 7) is 7.01. The SMILES string of the molecule is Cc1nc(-c2ncccn2)sc1C(=O)N1CC(C)OCC1C. The molecule has 0 aliphatic carbocycles. The number of nitrogens with zero attached hydrogens (tertiary/aromatic N) is 4. The maximum absolute atomic E-state index is 12.8. The molecular weight excluding hydrogens is 300 g/mol. The van der Waals surface area contributed by atoms with Gasteiger partial charge in [0, 0.05) is 18.9 Å². The number of thiazole rings is 1. The fourth-order valence-electron chi connectivity index (χ4n) is 2.42. The molecule has 2 atom stereocenters. The molecule has 3 heterocycles. The van der Waals surface area contributed by atoms with Crippen molar-refractivity contribution in [3.05, 3.63) is 29.0 Å². The molecule has 0 aromatic carbocycles. The maximum atomic E-state index is 12.8. The van der Waals surface area contributed by atoms with Gasteiger partial charge in [-0.3, -0.25) is 4.79 Å². The maximum Gasteiger partial charge on any atom is 0.266 e. The van der Waals surface area contributed by atoms with Gasteiger partial charge in [0.1, 0.15) is 4.88 Å². The van der Waals surface area contributed by atoms with Crippen molar-refractivity contribution in [3.8, 4) is 10.8 Å². The van der Waals surface area contributed by atoms with Gasteiger partial charge >= 0.3 is 0 Å². The Morgan fingerprint density at radius 1 is 1.36 bits per heavy atom. The lowest BCUT2D eigenvalue weighted by Gasteiger charge is -2.36. The van der Waals surface area contributed by atoms with E-state index < -0.39 is 0 Å². The number of hydrogen-bond acceptors (Lipinski definition) is 6. The van der Waals surface area contributed by atoms with Gasteiger partial charge < -0.3 is 9.64 Å². The van der Waals surface area contributed by atoms with Crippen LogP contribution in [0.3, 0.4) is 0 Å². The molecule has 0 spiro atoms. The van der Waals surface area contributed by atoms with Crippen molar-refractivity contribution in [3.63, 3.8) is 0 Å². The Labute approximate surface area is 133 Å². The largest absolute Gasteiger partial charge is 0.375 e. The third-order valence-corrected chi connectivity index (χ3v) is 4.76. The topological polar surface area (TPSA) is 68.2 Å². The van der Waals surface area contributed by atoms with Crippen molar-refractivity contribution < 1.29 is 9.53 Å². The van der Waals surface area contributed by atoms with Crippen LogP contribution in [-0.4, -0.2) is 51.1 Å². The van der Waals surface area contributed by atoms with Gasteiger partial charge in [-0.2, -0.15) is 0 Å². The third kappa shape index (κ3) is 2.86. The molecule has 1 fully saturated rings. The Hall–Kier alpha value is -1.86. The summed E-state index contributed by atoms with van der Waals surface area (Å²) in [6, 6.07) is 1.83. The van der Waals surface area contributed by atoms with E-state index in [1.165, 1.54) is 11.3 Å². The van der Waals surface area contributed by atoms with Crippen LogP contribution >= 0.6 is 11.3 Å². The first-order valence-electron chi connectivity index (χ1n) is 7.23. The van der Waals surface area contributed by atoms with Gasteiger partial charge in [-0.1, -0.05) is 0 Å². The van der Waals surface area contributed by atoms with Crippen LogP contribution in [-0.2, 0) is 4.74 Å². The lowest BCUT2D eigenvalue weighted by molar-refractivity contribution is -0.0385. The molecule has 7 heteroatoms. The minimum Gasteiger partial charge on any atom is -0.375 e. The third-order valence-electron chi connectivity index (χ3n) is 3.62. The quantitative estimate of drug-likeness (QED) is 0.849. The predicted octanol–water partition coefficient (Wildman–Crippen LogP) is 2.16. The summed E-state index contributed by atoms with van der Waals surface area (Å²) in [7, 11) is 0. The Kier molecular flexibility index (Phi) is 4.17. The van der Waals surface area contributed by atoms with Crippen molar-refractivity contribution in [1.29, 1.82) is 0 Å². The standard InChI is InChI=1S/C15H18N4O2S/c1-9-8-21-10(2)7-19(9)15(20)12-11(3)18-14(22-12)13-16-5-4-6-17-13/h4-6,9-10H,7-8H2,1-3H3. The van der Waals surface area contributed by atoms with E-state index in [9.17, 15) is 4.79 Å². The van der Waals surface area contributed by atoms with Crippen LogP contribution in [0, 0.1) is 6.92 Å². The highest BCUT2D eigenvalue weighted by Gasteiger charge is 2.30. The van der Waals surface area contributed by atoms with Gasteiger partial charge in [0.15, 0.2) is 10.8 Å². The first-order valence-corrected chi connectivity index (χ1v) is 8.05. The van der Waals surface area contributed by atoms with E-state index in [0.717, 1.165) is 5.69 Å². The number of carbonyl (C=O) groups is 1. The number of rotatable bonds is 2. The zero-order valence-electron chi connectivity index (χ0n) is 12.8. The molecule has 1 amide bonds. The van der Waals surface area contributed by atoms with E-state index in [1.54, 1.807) is 18.5 Å². The van der Waals surface area contributed by atoms with E-state index >= 15 is 0 Å². The van der Waals surface area contributed by atoms with Gasteiger partial charge in [-0.15, -0.1) is 11.3 Å². The monoisotopic (exact) mass is 318 g/mol. The molecule has 2 aromatic heterocycles. The fourth-order valence-corrected chi connectivity index (χ4v) is 3.39. The molecule has 1 aliphatic heterocycles. The van der Waals surface area contributed by atoms with Crippen LogP contribution in [0.25, 0.3) is 10.8 Å². The van der Waals surface area contributed by atoms with E-state index in [-0.39, 0.29) is 18.1 Å². The normalized spacial score (nSPS) is 21.9. The lowest BCUT2D eigenvalue weighted by Crippen LogP contribution is -2.50. The van der Waals surface area contributed by atoms with Crippen molar-refractivity contribution in [2.24, 2.45) is 0 Å². The number of morpholine rings is 1. The molecule has 2 unspecified atom stereocenters. The van der Waals surface area contributed by atoms with Crippen molar-refractivity contribution in [1.82, 2.24) is 19.9 Å². The second kappa shape index (κ2) is 6.10. The van der Waals surface area contributed by atoms with E-state index in [0.29, 0.717) is 28.9 Å². The molecule has 116 valence electrons. The van der Waals surface area contributed by atoms with Crippen LogP contribution in [0.5, 0.6) is 0 Å². The Morgan fingerprint density at radius 2 is 2.09 bits per heavy atom. The minimum atomic E-state index is 0.0137. The molecule has 1 aliphatic rings. The summed E-state index contributed by atoms with van der Waals surface area (Å²) in [6.07, 6.45) is 3.41. The molecule has 22 heavy (non-hydrogen) atoms. The zero-order chi connectivity index (χ0) is 15.7. The number of aromatic nitrogens is 3. The number of ether oxygens (including phenoxy) is 1. The molecule has 0 bridgehead atoms. The minimum absolute atomic E-state index is 0.0137. The Bertz CT molecular complexity index is 673. The Balaban J connectivity index is 1.88. The van der Waals surface area contributed by atoms with Gasteiger partial charge in [-0.25, -0.2) is 15.0 Å². The summed E-state index contributed by atoms with van der Waals surface area (Å²) in [4.78, 5) is 28.2. The second-order valence-corrected chi connectivity index (χ2v) is 6.46. The molecule has 0 radical (unpaired) electrons. The van der Waals surface area contributed by atoms with Crippen LogP contribution in [0.15, 0.2) is 18.5 Å².